The highest BCUT2D eigenvalue weighted by Crippen LogP contribution is 2.60. The van der Waals surface area contributed by atoms with Gasteiger partial charge < -0.3 is 15.3 Å². The molecule has 0 saturated heterocycles. The Morgan fingerprint density at radius 2 is 1.87 bits per heavy atom. The van der Waals surface area contributed by atoms with Gasteiger partial charge in [-0.15, -0.1) is 0 Å². The lowest BCUT2D eigenvalue weighted by Gasteiger charge is -2.44. The summed E-state index contributed by atoms with van der Waals surface area (Å²) in [6.07, 6.45) is 20.2. The Morgan fingerprint density at radius 3 is 2.58 bits per heavy atom. The van der Waals surface area contributed by atoms with Crippen molar-refractivity contribution in [3.05, 3.63) is 47.6 Å². The van der Waals surface area contributed by atoms with Crippen LogP contribution in [-0.2, 0) is 4.79 Å². The first-order chi connectivity index (χ1) is 18.1. The molecule has 0 heterocycles. The summed E-state index contributed by atoms with van der Waals surface area (Å²) in [5.41, 5.74) is 2.94. The van der Waals surface area contributed by atoms with E-state index in [-0.39, 0.29) is 11.2 Å². The van der Waals surface area contributed by atoms with Gasteiger partial charge in [-0.1, -0.05) is 76.5 Å². The molecule has 0 aromatic carbocycles. The molecule has 38 heavy (non-hydrogen) atoms. The minimum atomic E-state index is -0.656. The zero-order chi connectivity index (χ0) is 27.5. The van der Waals surface area contributed by atoms with Gasteiger partial charge in [-0.2, -0.15) is 0 Å². The van der Waals surface area contributed by atoms with Crippen LogP contribution in [0.4, 0.5) is 0 Å². The van der Waals surface area contributed by atoms with E-state index in [4.69, 9.17) is 0 Å². The first kappa shape index (κ1) is 29.5. The highest BCUT2D eigenvalue weighted by molar-refractivity contribution is 5.88. The van der Waals surface area contributed by atoms with Crippen LogP contribution in [0.25, 0.3) is 0 Å². The zero-order valence-corrected chi connectivity index (χ0v) is 24.1. The molecular weight excluding hydrogens is 472 g/mol. The molecule has 4 fully saturated rings. The van der Waals surface area contributed by atoms with Crippen molar-refractivity contribution in [3.63, 3.8) is 0 Å². The number of Topliss-reactive ketones (excluding diaryl/α,β-unsaturated/α-hetero) is 1. The number of aliphatic hydroxyl groups is 3. The summed E-state index contributed by atoms with van der Waals surface area (Å²) in [4.78, 5) is 12.9. The summed E-state index contributed by atoms with van der Waals surface area (Å²) in [5, 5.41) is 31.4. The number of hydrogen-bond donors (Lipinski definition) is 3. The van der Waals surface area contributed by atoms with Gasteiger partial charge in [0.05, 0.1) is 23.7 Å². The van der Waals surface area contributed by atoms with Gasteiger partial charge in [-0.3, -0.25) is 4.79 Å². The normalized spacial score (nSPS) is 36.5. The van der Waals surface area contributed by atoms with Crippen molar-refractivity contribution < 1.29 is 20.1 Å². The monoisotopic (exact) mass is 524 g/mol. The molecule has 0 aliphatic heterocycles. The van der Waals surface area contributed by atoms with Crippen LogP contribution in [0.5, 0.6) is 0 Å². The molecule has 0 unspecified atom stereocenters. The maximum atomic E-state index is 12.9. The fourth-order valence-corrected chi connectivity index (χ4v) is 8.04. The number of carbonyl (C=O) groups is 1. The van der Waals surface area contributed by atoms with Crippen LogP contribution in [0, 0.1) is 28.6 Å². The lowest BCUT2D eigenvalue weighted by molar-refractivity contribution is -0.127. The first-order valence-electron chi connectivity index (χ1n) is 15.5. The van der Waals surface area contributed by atoms with Crippen molar-refractivity contribution >= 4 is 5.78 Å². The SMILES string of the molecule is C=C1C(=CC=C2CCC[C@]3(C)[C@@H]([C@H](C)C=C[C@@H](O)C4(C(=O)CCCCCC)CC4)CC[C@@H]23)C[C@@H](O)C[C@@H]1O. The Morgan fingerprint density at radius 1 is 1.11 bits per heavy atom. The summed E-state index contributed by atoms with van der Waals surface area (Å²) in [5.74, 6) is 1.73. The molecule has 4 nitrogen and oxygen atoms in total. The third-order valence-corrected chi connectivity index (χ3v) is 10.7. The molecule has 0 aromatic heterocycles. The van der Waals surface area contributed by atoms with Crippen molar-refractivity contribution in [2.75, 3.05) is 0 Å². The van der Waals surface area contributed by atoms with Gasteiger partial charge in [-0.05, 0) is 92.1 Å². The quantitative estimate of drug-likeness (QED) is 0.201. The largest absolute Gasteiger partial charge is 0.393 e. The van der Waals surface area contributed by atoms with E-state index in [1.807, 2.05) is 6.08 Å². The number of aliphatic hydroxyl groups excluding tert-OH is 3. The van der Waals surface area contributed by atoms with Gasteiger partial charge in [0, 0.05) is 12.8 Å². The Bertz CT molecular complexity index is 954. The van der Waals surface area contributed by atoms with Crippen molar-refractivity contribution in [2.24, 2.45) is 28.6 Å². The topological polar surface area (TPSA) is 77.8 Å². The minimum absolute atomic E-state index is 0.228. The molecule has 4 aliphatic carbocycles. The molecule has 0 spiro atoms. The molecule has 212 valence electrons. The van der Waals surface area contributed by atoms with Crippen LogP contribution >= 0.6 is 0 Å². The Hall–Kier alpha value is -1.49. The van der Waals surface area contributed by atoms with Crippen LogP contribution in [0.2, 0.25) is 0 Å². The lowest BCUT2D eigenvalue weighted by atomic mass is 9.61. The third-order valence-electron chi connectivity index (χ3n) is 10.7. The molecule has 4 heteroatoms. The second-order valence-corrected chi connectivity index (χ2v) is 13.2. The molecule has 0 amide bonds. The highest BCUT2D eigenvalue weighted by atomic mass is 16.3. The van der Waals surface area contributed by atoms with Crippen LogP contribution < -0.4 is 0 Å². The molecular formula is C34H52O4. The minimum Gasteiger partial charge on any atom is -0.393 e. The van der Waals surface area contributed by atoms with E-state index < -0.39 is 23.7 Å². The van der Waals surface area contributed by atoms with E-state index in [0.29, 0.717) is 37.0 Å². The average molecular weight is 525 g/mol. The standard InChI is InChI=1S/C34H52O4/c1-5-6-7-8-11-31(37)34(19-20-34)32(38)17-12-23(2)28-15-16-29-25(10-9-18-33(28,29)4)13-14-26-21-27(35)22-30(36)24(26)3/h12-14,17,23,27-30,32,35-36,38H,3,5-11,15-16,18-22H2,1-2,4H3/t23-,27-,28-,29+,30+,32-,33-/m1/s1. The maximum absolute atomic E-state index is 12.9. The van der Waals surface area contributed by atoms with Gasteiger partial charge in [0.15, 0.2) is 0 Å². The van der Waals surface area contributed by atoms with Crippen LogP contribution in [0.15, 0.2) is 47.6 Å². The fraction of sp³-hybridized carbons (Fsp3) is 0.735. The summed E-state index contributed by atoms with van der Waals surface area (Å²) < 4.78 is 0. The van der Waals surface area contributed by atoms with Crippen molar-refractivity contribution in [2.45, 2.75) is 129 Å². The molecule has 0 bridgehead atoms. The molecule has 0 aromatic rings. The molecule has 4 rings (SSSR count). The van der Waals surface area contributed by atoms with Crippen LogP contribution in [0.3, 0.4) is 0 Å². The van der Waals surface area contributed by atoms with E-state index >= 15 is 0 Å². The smallest absolute Gasteiger partial charge is 0.141 e. The van der Waals surface area contributed by atoms with E-state index in [2.05, 4.69) is 45.6 Å². The summed E-state index contributed by atoms with van der Waals surface area (Å²) in [6, 6.07) is 0. The molecule has 0 radical (unpaired) electrons. The molecule has 3 N–H and O–H groups in total. The van der Waals surface area contributed by atoms with E-state index in [1.54, 1.807) is 0 Å². The summed E-state index contributed by atoms with van der Waals surface area (Å²) in [6.45, 7) is 11.0. The maximum Gasteiger partial charge on any atom is 0.141 e. The third kappa shape index (κ3) is 6.13. The average Bonchev–Trinajstić information content (AvgIpc) is 3.62. The molecule has 4 saturated carbocycles. The van der Waals surface area contributed by atoms with E-state index in [1.165, 1.54) is 44.1 Å². The predicted molar refractivity (Wildman–Crippen MR) is 154 cm³/mol. The fourth-order valence-electron chi connectivity index (χ4n) is 8.04. The summed E-state index contributed by atoms with van der Waals surface area (Å²) >= 11 is 0. The number of ketones is 1. The molecule has 7 atom stereocenters. The number of hydrogen-bond acceptors (Lipinski definition) is 4. The number of carbonyl (C=O) groups excluding carboxylic acids is 1. The van der Waals surface area contributed by atoms with Crippen LogP contribution in [-0.4, -0.2) is 39.4 Å². The van der Waals surface area contributed by atoms with Gasteiger partial charge in [0.25, 0.3) is 0 Å². The Balaban J connectivity index is 1.40. The van der Waals surface area contributed by atoms with Gasteiger partial charge >= 0.3 is 0 Å². The van der Waals surface area contributed by atoms with Gasteiger partial charge in [0.1, 0.15) is 5.78 Å². The number of unbranched alkanes of at least 4 members (excludes halogenated alkanes) is 3. The number of allylic oxidation sites excluding steroid dienone is 4. The van der Waals surface area contributed by atoms with E-state index in [9.17, 15) is 20.1 Å². The van der Waals surface area contributed by atoms with E-state index in [0.717, 1.165) is 43.3 Å². The Kier molecular flexibility index (Phi) is 9.59. The van der Waals surface area contributed by atoms with Gasteiger partial charge in [0.2, 0.25) is 0 Å². The number of rotatable bonds is 11. The lowest BCUT2D eigenvalue weighted by Crippen LogP contribution is -2.35. The summed E-state index contributed by atoms with van der Waals surface area (Å²) in [7, 11) is 0. The molecule has 4 aliphatic rings. The second kappa shape index (κ2) is 12.4. The first-order valence-corrected chi connectivity index (χ1v) is 15.5. The van der Waals surface area contributed by atoms with Crippen molar-refractivity contribution in [1.82, 2.24) is 0 Å². The van der Waals surface area contributed by atoms with Crippen molar-refractivity contribution in [1.29, 1.82) is 0 Å². The van der Waals surface area contributed by atoms with Crippen molar-refractivity contribution in [3.8, 4) is 0 Å². The zero-order valence-electron chi connectivity index (χ0n) is 24.1. The second-order valence-electron chi connectivity index (χ2n) is 13.2. The Labute approximate surface area is 231 Å². The van der Waals surface area contributed by atoms with Gasteiger partial charge in [-0.25, -0.2) is 0 Å². The highest BCUT2D eigenvalue weighted by Gasteiger charge is 2.54. The van der Waals surface area contributed by atoms with Crippen LogP contribution in [0.1, 0.15) is 111 Å². The number of fused-ring (bicyclic) bond motifs is 1. The predicted octanol–water partition coefficient (Wildman–Crippen LogP) is 7.00.